The Morgan fingerprint density at radius 1 is 1.17 bits per heavy atom. The Bertz CT molecular complexity index is 892. The van der Waals surface area contributed by atoms with Crippen molar-refractivity contribution in [3.8, 4) is 0 Å². The predicted octanol–water partition coefficient (Wildman–Crippen LogP) is 4.50. The van der Waals surface area contributed by atoms with E-state index in [1.165, 1.54) is 22.6 Å². The summed E-state index contributed by atoms with van der Waals surface area (Å²) in [6.45, 7) is 4.61. The number of hydrogen-bond donors (Lipinski definition) is 1. The molecule has 1 atom stereocenters. The van der Waals surface area contributed by atoms with Crippen molar-refractivity contribution in [2.75, 3.05) is 11.4 Å². The molecule has 0 spiro atoms. The molecule has 0 saturated carbocycles. The maximum Gasteiger partial charge on any atom is 0.416 e. The predicted molar refractivity (Wildman–Crippen MR) is 104 cm³/mol. The molecule has 1 fully saturated rings. The van der Waals surface area contributed by atoms with Crippen LogP contribution in [0.3, 0.4) is 0 Å². The molecule has 7 heteroatoms. The highest BCUT2D eigenvalue weighted by atomic mass is 19.4. The summed E-state index contributed by atoms with van der Waals surface area (Å²) < 4.78 is 38.8. The second kappa shape index (κ2) is 8.27. The van der Waals surface area contributed by atoms with E-state index in [0.717, 1.165) is 17.7 Å². The zero-order chi connectivity index (χ0) is 21.2. The second-order valence-electron chi connectivity index (χ2n) is 7.57. The number of amides is 2. The number of halogens is 3. The minimum atomic E-state index is -4.49. The van der Waals surface area contributed by atoms with Gasteiger partial charge >= 0.3 is 6.18 Å². The van der Waals surface area contributed by atoms with Gasteiger partial charge in [-0.15, -0.1) is 0 Å². The summed E-state index contributed by atoms with van der Waals surface area (Å²) in [7, 11) is 0. The minimum absolute atomic E-state index is 0.0195. The van der Waals surface area contributed by atoms with Crippen LogP contribution in [0, 0.1) is 5.92 Å². The van der Waals surface area contributed by atoms with Gasteiger partial charge in [-0.3, -0.25) is 9.59 Å². The van der Waals surface area contributed by atoms with Gasteiger partial charge in [-0.25, -0.2) is 0 Å². The van der Waals surface area contributed by atoms with Gasteiger partial charge < -0.3 is 10.2 Å². The Balaban J connectivity index is 1.61. The fourth-order valence-corrected chi connectivity index (χ4v) is 3.34. The third-order valence-electron chi connectivity index (χ3n) is 5.09. The number of carbonyl (C=O) groups is 2. The topological polar surface area (TPSA) is 49.4 Å². The summed E-state index contributed by atoms with van der Waals surface area (Å²) in [6, 6.07) is 12.5. The van der Waals surface area contributed by atoms with E-state index in [1.54, 1.807) is 0 Å². The van der Waals surface area contributed by atoms with Crippen LogP contribution < -0.4 is 10.2 Å². The quantitative estimate of drug-likeness (QED) is 0.798. The van der Waals surface area contributed by atoms with Crippen LogP contribution in [0.2, 0.25) is 0 Å². The van der Waals surface area contributed by atoms with Gasteiger partial charge in [0.05, 0.1) is 11.5 Å². The van der Waals surface area contributed by atoms with E-state index in [9.17, 15) is 22.8 Å². The van der Waals surface area contributed by atoms with Crippen LogP contribution in [0.5, 0.6) is 0 Å². The van der Waals surface area contributed by atoms with E-state index in [4.69, 9.17) is 0 Å². The highest BCUT2D eigenvalue weighted by Crippen LogP contribution is 2.33. The van der Waals surface area contributed by atoms with E-state index in [0.29, 0.717) is 12.5 Å². The van der Waals surface area contributed by atoms with Crippen molar-refractivity contribution < 1.29 is 22.8 Å². The summed E-state index contributed by atoms with van der Waals surface area (Å²) in [4.78, 5) is 26.0. The number of hydrogen-bond acceptors (Lipinski definition) is 2. The summed E-state index contributed by atoms with van der Waals surface area (Å²) in [5, 5.41) is 2.82. The maximum absolute atomic E-state index is 12.9. The van der Waals surface area contributed by atoms with Crippen LogP contribution in [0.4, 0.5) is 18.9 Å². The van der Waals surface area contributed by atoms with Crippen molar-refractivity contribution >= 4 is 17.5 Å². The van der Waals surface area contributed by atoms with E-state index < -0.39 is 17.7 Å². The number of carbonyl (C=O) groups excluding carboxylic acids is 2. The van der Waals surface area contributed by atoms with E-state index in [1.807, 2.05) is 24.3 Å². The molecule has 0 radical (unpaired) electrons. The lowest BCUT2D eigenvalue weighted by atomic mass is 10.0. The number of alkyl halides is 3. The molecular formula is C22H23F3N2O2. The lowest BCUT2D eigenvalue weighted by Gasteiger charge is -2.18. The lowest BCUT2D eigenvalue weighted by Crippen LogP contribution is -2.32. The average molecular weight is 404 g/mol. The van der Waals surface area contributed by atoms with Gasteiger partial charge in [0, 0.05) is 25.2 Å². The maximum atomic E-state index is 12.9. The molecule has 3 rings (SSSR count). The van der Waals surface area contributed by atoms with E-state index >= 15 is 0 Å². The van der Waals surface area contributed by atoms with Crippen molar-refractivity contribution in [2.45, 2.75) is 38.9 Å². The summed E-state index contributed by atoms with van der Waals surface area (Å²) >= 11 is 0. The van der Waals surface area contributed by atoms with Gasteiger partial charge in [-0.1, -0.05) is 44.2 Å². The fourth-order valence-electron chi connectivity index (χ4n) is 3.34. The summed E-state index contributed by atoms with van der Waals surface area (Å²) in [6.07, 6.45) is -4.50. The lowest BCUT2D eigenvalue weighted by molar-refractivity contribution is -0.137. The second-order valence-corrected chi connectivity index (χ2v) is 7.57. The molecular weight excluding hydrogens is 381 g/mol. The van der Waals surface area contributed by atoms with Gasteiger partial charge in [-0.05, 0) is 35.2 Å². The number of benzene rings is 2. The Hall–Kier alpha value is -2.83. The molecule has 1 aliphatic rings. The molecule has 29 heavy (non-hydrogen) atoms. The SMILES string of the molecule is CC(C)c1ccc(CNC(=O)[C@@H]2CC(=O)N(c3cccc(C(F)(F)F)c3)C2)cc1. The standard InChI is InChI=1S/C22H23F3N2O2/c1-14(2)16-8-6-15(7-9-16)12-26-21(29)17-10-20(28)27(13-17)19-5-3-4-18(11-19)22(23,24)25/h3-9,11,14,17H,10,12-13H2,1-2H3,(H,26,29)/t17-/m1/s1. The van der Waals surface area contributed by atoms with Gasteiger partial charge in [0.2, 0.25) is 11.8 Å². The first kappa shape index (κ1) is 20.9. The van der Waals surface area contributed by atoms with Crippen molar-refractivity contribution in [3.63, 3.8) is 0 Å². The Kier molecular flexibility index (Phi) is 5.96. The van der Waals surface area contributed by atoms with Crippen molar-refractivity contribution in [3.05, 3.63) is 65.2 Å². The Morgan fingerprint density at radius 2 is 1.86 bits per heavy atom. The number of nitrogens with one attached hydrogen (secondary N) is 1. The first-order chi connectivity index (χ1) is 13.6. The smallest absolute Gasteiger partial charge is 0.352 e. The molecule has 1 N–H and O–H groups in total. The molecule has 0 aromatic heterocycles. The van der Waals surface area contributed by atoms with Crippen LogP contribution in [0.25, 0.3) is 0 Å². The van der Waals surface area contributed by atoms with E-state index in [2.05, 4.69) is 19.2 Å². The largest absolute Gasteiger partial charge is 0.416 e. The number of anilines is 1. The molecule has 1 heterocycles. The fraction of sp³-hybridized carbons (Fsp3) is 0.364. The van der Waals surface area contributed by atoms with Crippen molar-refractivity contribution in [1.29, 1.82) is 0 Å². The number of rotatable bonds is 5. The number of nitrogens with zero attached hydrogens (tertiary/aromatic N) is 1. The molecule has 0 unspecified atom stereocenters. The minimum Gasteiger partial charge on any atom is -0.352 e. The zero-order valence-corrected chi connectivity index (χ0v) is 16.3. The van der Waals surface area contributed by atoms with Gasteiger partial charge in [0.1, 0.15) is 0 Å². The van der Waals surface area contributed by atoms with Crippen LogP contribution >= 0.6 is 0 Å². The molecule has 2 aromatic carbocycles. The van der Waals surface area contributed by atoms with Crippen molar-refractivity contribution in [1.82, 2.24) is 5.32 Å². The average Bonchev–Trinajstić information content (AvgIpc) is 3.07. The van der Waals surface area contributed by atoms with Crippen LogP contribution in [-0.2, 0) is 22.3 Å². The highest BCUT2D eigenvalue weighted by molar-refractivity contribution is 6.00. The Labute approximate surface area is 167 Å². The van der Waals surface area contributed by atoms with Crippen LogP contribution in [0.15, 0.2) is 48.5 Å². The van der Waals surface area contributed by atoms with Crippen LogP contribution in [-0.4, -0.2) is 18.4 Å². The van der Waals surface area contributed by atoms with Crippen molar-refractivity contribution in [2.24, 2.45) is 5.92 Å². The third kappa shape index (κ3) is 4.96. The molecule has 2 amide bonds. The van der Waals surface area contributed by atoms with Gasteiger partial charge in [0.25, 0.3) is 0 Å². The van der Waals surface area contributed by atoms with Gasteiger partial charge in [-0.2, -0.15) is 13.2 Å². The summed E-state index contributed by atoms with van der Waals surface area (Å²) in [5.41, 5.74) is 1.49. The highest BCUT2D eigenvalue weighted by Gasteiger charge is 2.36. The first-order valence-electron chi connectivity index (χ1n) is 9.49. The monoisotopic (exact) mass is 404 g/mol. The molecule has 1 saturated heterocycles. The van der Waals surface area contributed by atoms with Crippen LogP contribution in [0.1, 0.15) is 42.9 Å². The third-order valence-corrected chi connectivity index (χ3v) is 5.09. The van der Waals surface area contributed by atoms with E-state index in [-0.39, 0.29) is 30.5 Å². The normalized spacial score (nSPS) is 17.1. The molecule has 1 aliphatic heterocycles. The van der Waals surface area contributed by atoms with Gasteiger partial charge in [0.15, 0.2) is 0 Å². The molecule has 2 aromatic rings. The zero-order valence-electron chi connectivity index (χ0n) is 16.3. The molecule has 0 bridgehead atoms. The molecule has 154 valence electrons. The first-order valence-corrected chi connectivity index (χ1v) is 9.49. The Morgan fingerprint density at radius 3 is 2.48 bits per heavy atom. The molecule has 4 nitrogen and oxygen atoms in total. The summed E-state index contributed by atoms with van der Waals surface area (Å²) in [5.74, 6) is -0.802. The molecule has 0 aliphatic carbocycles.